The molecule has 25 heavy (non-hydrogen) atoms. The Kier molecular flexibility index (Phi) is 5.98. The maximum Gasteiger partial charge on any atom is 0.222 e. The van der Waals surface area contributed by atoms with Gasteiger partial charge in [0.15, 0.2) is 11.5 Å². The van der Waals surface area contributed by atoms with Crippen LogP contribution >= 0.6 is 11.6 Å². The molecule has 3 nitrogen and oxygen atoms in total. The largest absolute Gasteiger partial charge is 0.493 e. The summed E-state index contributed by atoms with van der Waals surface area (Å²) in [6, 6.07) is 15.8. The van der Waals surface area contributed by atoms with E-state index in [-0.39, 0.29) is 23.7 Å². The molecule has 0 N–H and O–H groups in total. The number of halogens is 1. The van der Waals surface area contributed by atoms with Gasteiger partial charge >= 0.3 is 0 Å². The highest BCUT2D eigenvalue weighted by Crippen LogP contribution is 2.37. The van der Waals surface area contributed by atoms with Gasteiger partial charge in [0.1, 0.15) is 0 Å². The number of benzene rings is 2. The summed E-state index contributed by atoms with van der Waals surface area (Å²) in [7, 11) is 1.65. The Morgan fingerprint density at radius 3 is 2.44 bits per heavy atom. The molecule has 0 saturated heterocycles. The van der Waals surface area contributed by atoms with Crippen LogP contribution in [0.3, 0.4) is 0 Å². The van der Waals surface area contributed by atoms with E-state index in [4.69, 9.17) is 21.1 Å². The van der Waals surface area contributed by atoms with E-state index >= 15 is 0 Å². The summed E-state index contributed by atoms with van der Waals surface area (Å²) >= 11 is 5.71. The fourth-order valence-electron chi connectivity index (χ4n) is 3.46. The quantitative estimate of drug-likeness (QED) is 0.629. The van der Waals surface area contributed by atoms with Crippen molar-refractivity contribution in [2.75, 3.05) is 7.11 Å². The number of hydrogen-bond acceptors (Lipinski definition) is 3. The third-order valence-corrected chi connectivity index (χ3v) is 4.91. The number of hydrogen-bond donors (Lipinski definition) is 0. The zero-order valence-electron chi connectivity index (χ0n) is 14.4. The van der Waals surface area contributed by atoms with Crippen LogP contribution in [0.5, 0.6) is 11.5 Å². The van der Waals surface area contributed by atoms with Crippen molar-refractivity contribution in [1.29, 1.82) is 0 Å². The molecule has 2 aromatic carbocycles. The first-order valence-electron chi connectivity index (χ1n) is 8.75. The Labute approximate surface area is 153 Å². The maximum atomic E-state index is 11.6. The van der Waals surface area contributed by atoms with Gasteiger partial charge in [0.25, 0.3) is 0 Å². The van der Waals surface area contributed by atoms with E-state index in [0.717, 1.165) is 35.5 Å². The van der Waals surface area contributed by atoms with Crippen LogP contribution in [-0.4, -0.2) is 18.5 Å². The molecule has 0 aliphatic heterocycles. The average Bonchev–Trinajstić information content (AvgIpc) is 3.13. The second-order valence-corrected chi connectivity index (χ2v) is 6.88. The molecule has 1 aliphatic rings. The van der Waals surface area contributed by atoms with Crippen LogP contribution in [-0.2, 0) is 4.79 Å². The van der Waals surface area contributed by atoms with Gasteiger partial charge in [-0.05, 0) is 60.5 Å². The van der Waals surface area contributed by atoms with E-state index in [1.54, 1.807) is 7.11 Å². The van der Waals surface area contributed by atoms with Crippen molar-refractivity contribution in [2.45, 2.75) is 44.1 Å². The van der Waals surface area contributed by atoms with Crippen LogP contribution < -0.4 is 9.47 Å². The van der Waals surface area contributed by atoms with Crippen molar-refractivity contribution in [3.05, 3.63) is 59.7 Å². The second kappa shape index (κ2) is 8.39. The van der Waals surface area contributed by atoms with Crippen molar-refractivity contribution in [2.24, 2.45) is 0 Å². The minimum absolute atomic E-state index is 0.0944. The Morgan fingerprint density at radius 1 is 1.08 bits per heavy atom. The topological polar surface area (TPSA) is 35.5 Å². The lowest BCUT2D eigenvalue weighted by Crippen LogP contribution is -2.12. The van der Waals surface area contributed by atoms with E-state index in [1.165, 1.54) is 12.8 Å². The molecule has 0 heterocycles. The van der Waals surface area contributed by atoms with Crippen LogP contribution in [0.4, 0.5) is 0 Å². The zero-order chi connectivity index (χ0) is 17.6. The first kappa shape index (κ1) is 17.8. The van der Waals surface area contributed by atoms with Gasteiger partial charge in [-0.25, -0.2) is 0 Å². The van der Waals surface area contributed by atoms with Crippen molar-refractivity contribution in [1.82, 2.24) is 0 Å². The molecule has 3 rings (SSSR count). The van der Waals surface area contributed by atoms with E-state index in [2.05, 4.69) is 0 Å². The van der Waals surface area contributed by atoms with Crippen LogP contribution in [0.25, 0.3) is 0 Å². The molecular weight excluding hydrogens is 336 g/mol. The predicted molar refractivity (Wildman–Crippen MR) is 99.6 cm³/mol. The van der Waals surface area contributed by atoms with E-state index in [0.29, 0.717) is 0 Å². The highest BCUT2D eigenvalue weighted by Gasteiger charge is 2.22. The first-order chi connectivity index (χ1) is 12.2. The summed E-state index contributed by atoms with van der Waals surface area (Å²) in [5.41, 5.74) is 2.07. The fraction of sp³-hybridized carbons (Fsp3) is 0.381. The smallest absolute Gasteiger partial charge is 0.222 e. The Hall–Kier alpha value is -2.00. The van der Waals surface area contributed by atoms with Crippen molar-refractivity contribution in [3.8, 4) is 11.5 Å². The summed E-state index contributed by atoms with van der Waals surface area (Å²) in [4.78, 5) is 11.6. The number of rotatable bonds is 7. The van der Waals surface area contributed by atoms with Gasteiger partial charge in [-0.2, -0.15) is 0 Å². The lowest BCUT2D eigenvalue weighted by molar-refractivity contribution is -0.111. The average molecular weight is 359 g/mol. The van der Waals surface area contributed by atoms with Crippen LogP contribution in [0.1, 0.15) is 49.1 Å². The van der Waals surface area contributed by atoms with Crippen molar-refractivity contribution >= 4 is 16.8 Å². The summed E-state index contributed by atoms with van der Waals surface area (Å²) in [6.07, 6.45) is 5.07. The molecule has 2 aromatic rings. The Bertz CT molecular complexity index is 708. The van der Waals surface area contributed by atoms with Crippen LogP contribution in [0.15, 0.2) is 48.5 Å². The lowest BCUT2D eigenvalue weighted by atomic mass is 9.89. The summed E-state index contributed by atoms with van der Waals surface area (Å²) in [6.45, 7) is 0. The maximum absolute atomic E-state index is 11.6. The molecule has 1 aliphatic carbocycles. The molecule has 0 aromatic heterocycles. The minimum atomic E-state index is -0.345. The van der Waals surface area contributed by atoms with E-state index < -0.39 is 0 Å². The van der Waals surface area contributed by atoms with Gasteiger partial charge in [0.2, 0.25) is 5.24 Å². The molecule has 0 spiro atoms. The lowest BCUT2D eigenvalue weighted by Gasteiger charge is -2.20. The molecule has 132 valence electrons. The third-order valence-electron chi connectivity index (χ3n) is 4.75. The number of carbonyl (C=O) groups excluding carboxylic acids is 1. The Balaban J connectivity index is 1.93. The van der Waals surface area contributed by atoms with Gasteiger partial charge in [-0.1, -0.05) is 36.4 Å². The molecule has 1 fully saturated rings. The monoisotopic (exact) mass is 358 g/mol. The summed E-state index contributed by atoms with van der Waals surface area (Å²) in [5, 5.41) is -0.345. The number of carbonyl (C=O) groups is 1. The molecule has 0 amide bonds. The molecule has 4 heteroatoms. The van der Waals surface area contributed by atoms with E-state index in [9.17, 15) is 4.79 Å². The van der Waals surface area contributed by atoms with Crippen LogP contribution in [0.2, 0.25) is 0 Å². The van der Waals surface area contributed by atoms with Gasteiger partial charge in [-0.15, -0.1) is 0 Å². The summed E-state index contributed by atoms with van der Waals surface area (Å²) in [5.74, 6) is 1.37. The third kappa shape index (κ3) is 4.55. The highest BCUT2D eigenvalue weighted by atomic mass is 35.5. The zero-order valence-corrected chi connectivity index (χ0v) is 15.2. The standard InChI is InChI=1S/C21H23ClO3/c1-24-19-12-11-16(13-20(19)25-17-9-5-6-10-17)18(14-21(22)23)15-7-3-2-4-8-15/h2-4,7-8,11-13,17-18H,5-6,9-10,14H2,1H3. The highest BCUT2D eigenvalue weighted by molar-refractivity contribution is 6.63. The van der Waals surface area contributed by atoms with Crippen molar-refractivity contribution in [3.63, 3.8) is 0 Å². The van der Waals surface area contributed by atoms with Gasteiger partial charge in [-0.3, -0.25) is 4.79 Å². The molecular formula is C21H23ClO3. The molecule has 0 bridgehead atoms. The summed E-state index contributed by atoms with van der Waals surface area (Å²) < 4.78 is 11.6. The van der Waals surface area contributed by atoms with Crippen molar-refractivity contribution < 1.29 is 14.3 Å². The first-order valence-corrected chi connectivity index (χ1v) is 9.13. The second-order valence-electron chi connectivity index (χ2n) is 6.46. The molecule has 1 unspecified atom stereocenters. The fourth-order valence-corrected chi connectivity index (χ4v) is 3.62. The Morgan fingerprint density at radius 2 is 1.80 bits per heavy atom. The molecule has 0 radical (unpaired) electrons. The predicted octanol–water partition coefficient (Wildman–Crippen LogP) is 5.30. The van der Waals surface area contributed by atoms with Crippen LogP contribution in [0, 0.1) is 0 Å². The molecule has 1 atom stereocenters. The van der Waals surface area contributed by atoms with E-state index in [1.807, 2.05) is 48.5 Å². The number of methoxy groups -OCH3 is 1. The number of ether oxygens (including phenoxy) is 2. The SMILES string of the molecule is COc1ccc(C(CC(=O)Cl)c2ccccc2)cc1OC1CCCC1. The van der Waals surface area contributed by atoms with Gasteiger partial charge in [0.05, 0.1) is 13.2 Å². The normalized spacial score (nSPS) is 15.8. The van der Waals surface area contributed by atoms with Gasteiger partial charge < -0.3 is 9.47 Å². The molecule has 1 saturated carbocycles. The van der Waals surface area contributed by atoms with Gasteiger partial charge in [0, 0.05) is 12.3 Å². The minimum Gasteiger partial charge on any atom is -0.493 e.